The van der Waals surface area contributed by atoms with Crippen LogP contribution < -0.4 is 15.4 Å². The number of hydrogen-bond acceptors (Lipinski definition) is 6. The number of benzene rings is 1. The Morgan fingerprint density at radius 3 is 2.71 bits per heavy atom. The number of rotatable bonds is 8. The van der Waals surface area contributed by atoms with E-state index in [4.69, 9.17) is 21.1 Å². The second-order valence-corrected chi connectivity index (χ2v) is 5.27. The molecule has 0 bridgehead atoms. The van der Waals surface area contributed by atoms with Gasteiger partial charge >= 0.3 is 0 Å². The van der Waals surface area contributed by atoms with Crippen LogP contribution in [0.4, 0.5) is 11.5 Å². The first-order chi connectivity index (χ1) is 11.6. The van der Waals surface area contributed by atoms with E-state index in [0.717, 1.165) is 13.0 Å². The minimum absolute atomic E-state index is 0.212. The van der Waals surface area contributed by atoms with Gasteiger partial charge in [-0.05, 0) is 24.6 Å². The fourth-order valence-corrected chi connectivity index (χ4v) is 2.17. The van der Waals surface area contributed by atoms with Gasteiger partial charge in [-0.3, -0.25) is 4.79 Å². The van der Waals surface area contributed by atoms with Crippen LogP contribution in [-0.4, -0.2) is 43.2 Å². The SMILES string of the molecule is COCCCNc1cnc(C(=O)Nc2ccc(OC)c(Cl)c2)cn1. The Morgan fingerprint density at radius 2 is 2.08 bits per heavy atom. The smallest absolute Gasteiger partial charge is 0.275 e. The van der Waals surface area contributed by atoms with Gasteiger partial charge in [0.1, 0.15) is 17.3 Å². The first-order valence-corrected chi connectivity index (χ1v) is 7.71. The third kappa shape index (κ3) is 5.07. The molecule has 0 saturated heterocycles. The number of methoxy groups -OCH3 is 2. The van der Waals surface area contributed by atoms with Crippen LogP contribution in [0.5, 0.6) is 5.75 Å². The molecule has 0 aliphatic rings. The molecule has 2 aromatic rings. The third-order valence-corrected chi connectivity index (χ3v) is 3.42. The summed E-state index contributed by atoms with van der Waals surface area (Å²) in [7, 11) is 3.18. The minimum Gasteiger partial charge on any atom is -0.495 e. The van der Waals surface area contributed by atoms with Crippen LogP contribution in [0.1, 0.15) is 16.9 Å². The Labute approximate surface area is 145 Å². The van der Waals surface area contributed by atoms with Gasteiger partial charge in [0.05, 0.1) is 24.5 Å². The Balaban J connectivity index is 1.93. The second-order valence-electron chi connectivity index (χ2n) is 4.86. The highest BCUT2D eigenvalue weighted by Gasteiger charge is 2.10. The van der Waals surface area contributed by atoms with Gasteiger partial charge in [0, 0.05) is 25.9 Å². The van der Waals surface area contributed by atoms with E-state index < -0.39 is 0 Å². The lowest BCUT2D eigenvalue weighted by Gasteiger charge is -2.08. The van der Waals surface area contributed by atoms with E-state index >= 15 is 0 Å². The molecule has 1 amide bonds. The van der Waals surface area contributed by atoms with Crippen molar-refractivity contribution in [2.24, 2.45) is 0 Å². The van der Waals surface area contributed by atoms with Gasteiger partial charge < -0.3 is 20.1 Å². The molecule has 0 radical (unpaired) electrons. The molecule has 8 heteroatoms. The molecular formula is C16H19ClN4O3. The lowest BCUT2D eigenvalue weighted by atomic mass is 10.3. The van der Waals surface area contributed by atoms with Crippen molar-refractivity contribution in [2.75, 3.05) is 38.0 Å². The molecule has 2 rings (SSSR count). The van der Waals surface area contributed by atoms with Crippen LogP contribution >= 0.6 is 11.6 Å². The number of halogens is 1. The second kappa shape index (κ2) is 9.05. The largest absolute Gasteiger partial charge is 0.495 e. The van der Waals surface area contributed by atoms with Crippen LogP contribution in [0.3, 0.4) is 0 Å². The van der Waals surface area contributed by atoms with E-state index in [9.17, 15) is 4.79 Å². The topological polar surface area (TPSA) is 85.4 Å². The standard InChI is InChI=1S/C16H19ClN4O3/c1-23-7-3-6-18-15-10-19-13(9-20-15)16(22)21-11-4-5-14(24-2)12(17)8-11/h4-5,8-10H,3,6-7H2,1-2H3,(H,18,20)(H,21,22). The number of amides is 1. The molecule has 0 saturated carbocycles. The minimum atomic E-state index is -0.366. The predicted octanol–water partition coefficient (Wildman–Crippen LogP) is 2.84. The Kier molecular flexibility index (Phi) is 6.77. The number of nitrogens with one attached hydrogen (secondary N) is 2. The summed E-state index contributed by atoms with van der Waals surface area (Å²) in [6, 6.07) is 4.98. The van der Waals surface area contributed by atoms with Gasteiger partial charge in [-0.15, -0.1) is 0 Å². The molecule has 0 atom stereocenters. The Morgan fingerprint density at radius 1 is 1.25 bits per heavy atom. The average Bonchev–Trinajstić information content (AvgIpc) is 2.59. The van der Waals surface area contributed by atoms with E-state index in [0.29, 0.717) is 28.9 Å². The number of hydrogen-bond donors (Lipinski definition) is 2. The zero-order chi connectivity index (χ0) is 17.4. The van der Waals surface area contributed by atoms with Crippen LogP contribution in [0, 0.1) is 0 Å². The van der Waals surface area contributed by atoms with Crippen molar-refractivity contribution in [1.29, 1.82) is 0 Å². The summed E-state index contributed by atoms with van der Waals surface area (Å²) in [6.07, 6.45) is 3.79. The molecule has 0 fully saturated rings. The van der Waals surface area contributed by atoms with Crippen molar-refractivity contribution in [3.05, 3.63) is 41.3 Å². The third-order valence-electron chi connectivity index (χ3n) is 3.13. The first kappa shape index (κ1) is 18.0. The molecule has 0 unspecified atom stereocenters. The fraction of sp³-hybridized carbons (Fsp3) is 0.312. The Hall–Kier alpha value is -2.38. The number of aromatic nitrogens is 2. The lowest BCUT2D eigenvalue weighted by molar-refractivity contribution is 0.102. The highest BCUT2D eigenvalue weighted by atomic mass is 35.5. The monoisotopic (exact) mass is 350 g/mol. The Bertz CT molecular complexity index is 680. The highest BCUT2D eigenvalue weighted by molar-refractivity contribution is 6.32. The van der Waals surface area contributed by atoms with Gasteiger partial charge in [-0.1, -0.05) is 11.6 Å². The summed E-state index contributed by atoms with van der Waals surface area (Å²) in [5.74, 6) is 0.781. The molecule has 7 nitrogen and oxygen atoms in total. The van der Waals surface area contributed by atoms with Crippen LogP contribution in [0.2, 0.25) is 5.02 Å². The highest BCUT2D eigenvalue weighted by Crippen LogP contribution is 2.27. The van der Waals surface area contributed by atoms with Gasteiger partial charge in [-0.25, -0.2) is 9.97 Å². The van der Waals surface area contributed by atoms with E-state index in [1.807, 2.05) is 0 Å². The van der Waals surface area contributed by atoms with E-state index in [1.54, 1.807) is 25.3 Å². The van der Waals surface area contributed by atoms with E-state index in [-0.39, 0.29) is 11.6 Å². The van der Waals surface area contributed by atoms with Crippen LogP contribution in [0.25, 0.3) is 0 Å². The average molecular weight is 351 g/mol. The maximum atomic E-state index is 12.2. The molecule has 0 spiro atoms. The number of carbonyl (C=O) groups is 1. The molecule has 24 heavy (non-hydrogen) atoms. The van der Waals surface area contributed by atoms with Crippen molar-refractivity contribution >= 4 is 29.0 Å². The molecule has 2 N–H and O–H groups in total. The van der Waals surface area contributed by atoms with Crippen molar-refractivity contribution < 1.29 is 14.3 Å². The fourth-order valence-electron chi connectivity index (χ4n) is 1.91. The van der Waals surface area contributed by atoms with Gasteiger partial charge in [-0.2, -0.15) is 0 Å². The summed E-state index contributed by atoms with van der Waals surface area (Å²) < 4.78 is 10.0. The summed E-state index contributed by atoms with van der Waals surface area (Å²) in [5, 5.41) is 6.22. The van der Waals surface area contributed by atoms with Crippen molar-refractivity contribution in [3.63, 3.8) is 0 Å². The van der Waals surface area contributed by atoms with Crippen LogP contribution in [-0.2, 0) is 4.74 Å². The number of ether oxygens (including phenoxy) is 2. The summed E-state index contributed by atoms with van der Waals surface area (Å²) >= 11 is 6.03. The molecule has 0 aliphatic carbocycles. The molecule has 1 heterocycles. The maximum absolute atomic E-state index is 12.2. The zero-order valence-electron chi connectivity index (χ0n) is 13.5. The maximum Gasteiger partial charge on any atom is 0.275 e. The normalized spacial score (nSPS) is 10.3. The first-order valence-electron chi connectivity index (χ1n) is 7.33. The number of nitrogens with zero attached hydrogens (tertiary/aromatic N) is 2. The lowest BCUT2D eigenvalue weighted by Crippen LogP contribution is -2.15. The summed E-state index contributed by atoms with van der Waals surface area (Å²) in [6.45, 7) is 1.39. The molecule has 128 valence electrons. The molecular weight excluding hydrogens is 332 g/mol. The van der Waals surface area contributed by atoms with Gasteiger partial charge in [0.15, 0.2) is 0 Å². The zero-order valence-corrected chi connectivity index (χ0v) is 14.3. The van der Waals surface area contributed by atoms with Gasteiger partial charge in [0.25, 0.3) is 5.91 Å². The van der Waals surface area contributed by atoms with Crippen molar-refractivity contribution in [1.82, 2.24) is 9.97 Å². The quantitative estimate of drug-likeness (QED) is 0.712. The van der Waals surface area contributed by atoms with Gasteiger partial charge in [0.2, 0.25) is 0 Å². The number of anilines is 2. The molecule has 1 aromatic carbocycles. The number of carbonyl (C=O) groups excluding carboxylic acids is 1. The van der Waals surface area contributed by atoms with E-state index in [2.05, 4.69) is 20.6 Å². The predicted molar refractivity (Wildman–Crippen MR) is 93.0 cm³/mol. The van der Waals surface area contributed by atoms with Crippen LogP contribution in [0.15, 0.2) is 30.6 Å². The molecule has 1 aromatic heterocycles. The van der Waals surface area contributed by atoms with Crippen molar-refractivity contribution in [2.45, 2.75) is 6.42 Å². The molecule has 0 aliphatic heterocycles. The summed E-state index contributed by atoms with van der Waals surface area (Å²) in [5.41, 5.74) is 0.763. The van der Waals surface area contributed by atoms with E-state index in [1.165, 1.54) is 19.5 Å². The summed E-state index contributed by atoms with van der Waals surface area (Å²) in [4.78, 5) is 20.4. The van der Waals surface area contributed by atoms with Crippen molar-refractivity contribution in [3.8, 4) is 5.75 Å².